The van der Waals surface area contributed by atoms with Crippen molar-refractivity contribution < 1.29 is 4.79 Å². The standard InChI is InChI=1S/C19H31N3O/c1-3-11-22(12-4-2)19(23)16-13-18(15-20-14-16)21-17-9-7-5-6-8-10-17/h13-15,17,21H,3-12H2,1-2H3. The predicted octanol–water partition coefficient (Wildman–Crippen LogP) is 4.48. The van der Waals surface area contributed by atoms with E-state index in [1.54, 1.807) is 6.20 Å². The van der Waals surface area contributed by atoms with E-state index in [1.165, 1.54) is 38.5 Å². The summed E-state index contributed by atoms with van der Waals surface area (Å²) < 4.78 is 0. The largest absolute Gasteiger partial charge is 0.381 e. The van der Waals surface area contributed by atoms with Gasteiger partial charge in [-0.25, -0.2) is 0 Å². The minimum absolute atomic E-state index is 0.103. The zero-order chi connectivity index (χ0) is 16.5. The van der Waals surface area contributed by atoms with E-state index in [1.807, 2.05) is 17.2 Å². The number of carbonyl (C=O) groups is 1. The molecule has 23 heavy (non-hydrogen) atoms. The van der Waals surface area contributed by atoms with E-state index < -0.39 is 0 Å². The monoisotopic (exact) mass is 317 g/mol. The van der Waals surface area contributed by atoms with Gasteiger partial charge in [-0.2, -0.15) is 0 Å². The third kappa shape index (κ3) is 5.52. The van der Waals surface area contributed by atoms with E-state index in [0.717, 1.165) is 31.6 Å². The van der Waals surface area contributed by atoms with Crippen LogP contribution in [-0.2, 0) is 0 Å². The summed E-state index contributed by atoms with van der Waals surface area (Å²) in [7, 11) is 0. The molecule has 4 nitrogen and oxygen atoms in total. The highest BCUT2D eigenvalue weighted by Gasteiger charge is 2.16. The summed E-state index contributed by atoms with van der Waals surface area (Å²) in [4.78, 5) is 18.9. The molecule has 1 aliphatic carbocycles. The van der Waals surface area contributed by atoms with Crippen molar-refractivity contribution in [3.8, 4) is 0 Å². The first-order chi connectivity index (χ1) is 11.2. The minimum Gasteiger partial charge on any atom is -0.381 e. The fourth-order valence-corrected chi connectivity index (χ4v) is 3.33. The van der Waals surface area contributed by atoms with Crippen LogP contribution in [0.25, 0.3) is 0 Å². The van der Waals surface area contributed by atoms with Gasteiger partial charge < -0.3 is 10.2 Å². The van der Waals surface area contributed by atoms with Crippen molar-refractivity contribution >= 4 is 11.6 Å². The first-order valence-electron chi connectivity index (χ1n) is 9.25. The Hall–Kier alpha value is -1.58. The molecule has 0 radical (unpaired) electrons. The van der Waals surface area contributed by atoms with Gasteiger partial charge in [-0.15, -0.1) is 0 Å². The minimum atomic E-state index is 0.103. The normalized spacial score (nSPS) is 15.9. The Balaban J connectivity index is 2.04. The summed E-state index contributed by atoms with van der Waals surface area (Å²) >= 11 is 0. The average Bonchev–Trinajstić information content (AvgIpc) is 2.83. The van der Waals surface area contributed by atoms with Gasteiger partial charge in [0.05, 0.1) is 11.3 Å². The van der Waals surface area contributed by atoms with Crippen LogP contribution < -0.4 is 5.32 Å². The number of hydrogen-bond donors (Lipinski definition) is 1. The SMILES string of the molecule is CCCN(CCC)C(=O)c1cncc(NC2CCCCCC2)c1. The van der Waals surface area contributed by atoms with Crippen molar-refractivity contribution in [1.82, 2.24) is 9.88 Å². The Labute approximate surface area is 140 Å². The van der Waals surface area contributed by atoms with E-state index in [9.17, 15) is 4.79 Å². The highest BCUT2D eigenvalue weighted by molar-refractivity contribution is 5.94. The number of amides is 1. The Kier molecular flexibility index (Phi) is 7.37. The number of anilines is 1. The van der Waals surface area contributed by atoms with Gasteiger partial charge in [0.1, 0.15) is 0 Å². The van der Waals surface area contributed by atoms with Gasteiger partial charge in [-0.1, -0.05) is 39.5 Å². The molecule has 1 aromatic rings. The Bertz CT molecular complexity index is 475. The summed E-state index contributed by atoms with van der Waals surface area (Å²) in [6, 6.07) is 2.49. The second-order valence-corrected chi connectivity index (χ2v) is 6.59. The molecule has 128 valence electrons. The lowest BCUT2D eigenvalue weighted by Crippen LogP contribution is -2.32. The van der Waals surface area contributed by atoms with Crippen LogP contribution in [0.4, 0.5) is 5.69 Å². The maximum Gasteiger partial charge on any atom is 0.255 e. The number of rotatable bonds is 7. The Morgan fingerprint density at radius 2 is 1.78 bits per heavy atom. The van der Waals surface area contributed by atoms with Crippen LogP contribution in [0.15, 0.2) is 18.5 Å². The number of carbonyl (C=O) groups excluding carboxylic acids is 1. The fraction of sp³-hybridized carbons (Fsp3) is 0.684. The molecular formula is C19H31N3O. The highest BCUT2D eigenvalue weighted by Crippen LogP contribution is 2.21. The molecule has 1 heterocycles. The molecule has 0 bridgehead atoms. The molecule has 1 saturated carbocycles. The topological polar surface area (TPSA) is 45.2 Å². The zero-order valence-electron chi connectivity index (χ0n) is 14.7. The summed E-state index contributed by atoms with van der Waals surface area (Å²) in [6.45, 7) is 5.84. The first kappa shape index (κ1) is 17.8. The van der Waals surface area contributed by atoms with Crippen molar-refractivity contribution in [2.75, 3.05) is 18.4 Å². The van der Waals surface area contributed by atoms with Crippen molar-refractivity contribution in [3.05, 3.63) is 24.0 Å². The average molecular weight is 317 g/mol. The molecule has 0 spiro atoms. The lowest BCUT2D eigenvalue weighted by molar-refractivity contribution is 0.0755. The van der Waals surface area contributed by atoms with Gasteiger partial charge in [0.15, 0.2) is 0 Å². The molecule has 1 aliphatic rings. The summed E-state index contributed by atoms with van der Waals surface area (Å²) in [5.74, 6) is 0.103. The lowest BCUT2D eigenvalue weighted by atomic mass is 10.1. The molecule has 0 aromatic carbocycles. The second kappa shape index (κ2) is 9.53. The Morgan fingerprint density at radius 1 is 1.13 bits per heavy atom. The molecule has 1 aromatic heterocycles. The summed E-state index contributed by atoms with van der Waals surface area (Å²) in [5, 5.41) is 3.59. The van der Waals surface area contributed by atoms with Crippen LogP contribution in [0, 0.1) is 0 Å². The van der Waals surface area contributed by atoms with Crippen molar-refractivity contribution in [2.45, 2.75) is 71.3 Å². The van der Waals surface area contributed by atoms with Crippen LogP contribution in [0.3, 0.4) is 0 Å². The van der Waals surface area contributed by atoms with E-state index in [-0.39, 0.29) is 5.91 Å². The third-order valence-corrected chi connectivity index (χ3v) is 4.49. The third-order valence-electron chi connectivity index (χ3n) is 4.49. The van der Waals surface area contributed by atoms with E-state index in [0.29, 0.717) is 11.6 Å². The maximum absolute atomic E-state index is 12.7. The van der Waals surface area contributed by atoms with Gasteiger partial charge in [0.25, 0.3) is 5.91 Å². The van der Waals surface area contributed by atoms with Gasteiger partial charge in [-0.3, -0.25) is 9.78 Å². The summed E-state index contributed by atoms with van der Waals surface area (Å²) in [5.41, 5.74) is 1.68. The number of nitrogens with zero attached hydrogens (tertiary/aromatic N) is 2. The molecule has 0 saturated heterocycles. The number of aromatic nitrogens is 1. The maximum atomic E-state index is 12.7. The van der Waals surface area contributed by atoms with Crippen molar-refractivity contribution in [3.63, 3.8) is 0 Å². The number of nitrogens with one attached hydrogen (secondary N) is 1. The molecular weight excluding hydrogens is 286 g/mol. The molecule has 0 atom stereocenters. The van der Waals surface area contributed by atoms with E-state index in [2.05, 4.69) is 24.1 Å². The van der Waals surface area contributed by atoms with Crippen LogP contribution >= 0.6 is 0 Å². The fourth-order valence-electron chi connectivity index (χ4n) is 3.33. The van der Waals surface area contributed by atoms with Crippen LogP contribution in [0.5, 0.6) is 0 Å². The first-order valence-corrected chi connectivity index (χ1v) is 9.25. The molecule has 1 fully saturated rings. The van der Waals surface area contributed by atoms with Gasteiger partial charge in [-0.05, 0) is 31.7 Å². The number of hydrogen-bond acceptors (Lipinski definition) is 3. The summed E-state index contributed by atoms with van der Waals surface area (Å²) in [6.07, 6.45) is 13.2. The van der Waals surface area contributed by atoms with Crippen LogP contribution in [0.1, 0.15) is 75.6 Å². The van der Waals surface area contributed by atoms with Crippen LogP contribution in [-0.4, -0.2) is 34.9 Å². The molecule has 0 aliphatic heterocycles. The lowest BCUT2D eigenvalue weighted by Gasteiger charge is -2.22. The van der Waals surface area contributed by atoms with Crippen molar-refractivity contribution in [2.24, 2.45) is 0 Å². The molecule has 1 N–H and O–H groups in total. The number of pyridine rings is 1. The van der Waals surface area contributed by atoms with E-state index in [4.69, 9.17) is 0 Å². The predicted molar refractivity (Wildman–Crippen MR) is 95.8 cm³/mol. The quantitative estimate of drug-likeness (QED) is 0.754. The zero-order valence-corrected chi connectivity index (χ0v) is 14.7. The second-order valence-electron chi connectivity index (χ2n) is 6.59. The van der Waals surface area contributed by atoms with E-state index >= 15 is 0 Å². The van der Waals surface area contributed by atoms with Gasteiger partial charge in [0, 0.05) is 31.5 Å². The Morgan fingerprint density at radius 3 is 2.39 bits per heavy atom. The molecule has 1 amide bonds. The molecule has 0 unspecified atom stereocenters. The van der Waals surface area contributed by atoms with Crippen LogP contribution in [0.2, 0.25) is 0 Å². The van der Waals surface area contributed by atoms with Crippen molar-refractivity contribution in [1.29, 1.82) is 0 Å². The van der Waals surface area contributed by atoms with Gasteiger partial charge >= 0.3 is 0 Å². The molecule has 2 rings (SSSR count). The smallest absolute Gasteiger partial charge is 0.255 e. The molecule has 4 heteroatoms. The van der Waals surface area contributed by atoms with Gasteiger partial charge in [0.2, 0.25) is 0 Å². The highest BCUT2D eigenvalue weighted by atomic mass is 16.2.